The molecule has 0 aromatic heterocycles. The molecule has 1 atom stereocenters. The molecule has 1 aliphatic carbocycles. The second kappa shape index (κ2) is 8.39. The van der Waals surface area contributed by atoms with E-state index in [0.29, 0.717) is 18.8 Å². The van der Waals surface area contributed by atoms with Crippen LogP contribution in [0.15, 0.2) is 29.2 Å². The zero-order valence-corrected chi connectivity index (χ0v) is 16.4. The normalized spacial score (nSPS) is 19.7. The smallest absolute Gasteiger partial charge is 0.246 e. The highest BCUT2D eigenvalue weighted by Crippen LogP contribution is 2.25. The van der Waals surface area contributed by atoms with Crippen molar-refractivity contribution in [1.82, 2.24) is 9.62 Å². The van der Waals surface area contributed by atoms with Gasteiger partial charge in [0.25, 0.3) is 0 Å². The van der Waals surface area contributed by atoms with Crippen molar-refractivity contribution in [3.8, 4) is 0 Å². The summed E-state index contributed by atoms with van der Waals surface area (Å²) in [5.41, 5.74) is 0.405. The lowest BCUT2D eigenvalue weighted by Gasteiger charge is -2.18. The number of anilines is 1. The predicted octanol–water partition coefficient (Wildman–Crippen LogP) is 2.10. The van der Waals surface area contributed by atoms with Crippen molar-refractivity contribution in [3.05, 3.63) is 24.3 Å². The van der Waals surface area contributed by atoms with E-state index in [0.717, 1.165) is 38.5 Å². The molecule has 27 heavy (non-hydrogen) atoms. The molecule has 1 aromatic carbocycles. The lowest BCUT2D eigenvalue weighted by Crippen LogP contribution is -2.43. The van der Waals surface area contributed by atoms with Crippen molar-refractivity contribution >= 4 is 27.5 Å². The van der Waals surface area contributed by atoms with Crippen molar-refractivity contribution in [2.45, 2.75) is 56.4 Å². The van der Waals surface area contributed by atoms with Crippen LogP contribution in [0.1, 0.15) is 45.4 Å². The van der Waals surface area contributed by atoms with Crippen molar-refractivity contribution in [1.29, 1.82) is 0 Å². The van der Waals surface area contributed by atoms with E-state index >= 15 is 0 Å². The Balaban J connectivity index is 1.63. The summed E-state index contributed by atoms with van der Waals surface area (Å²) in [6, 6.07) is 5.58. The first-order chi connectivity index (χ1) is 12.9. The summed E-state index contributed by atoms with van der Waals surface area (Å²) in [7, 11) is -3.54. The number of nitrogens with zero attached hydrogens (tertiary/aromatic N) is 1. The monoisotopic (exact) mass is 393 g/mol. The quantitative estimate of drug-likeness (QED) is 0.774. The van der Waals surface area contributed by atoms with Gasteiger partial charge in [-0.05, 0) is 50.8 Å². The third-order valence-corrected chi connectivity index (χ3v) is 7.18. The zero-order chi connectivity index (χ0) is 19.4. The fraction of sp³-hybridized carbons (Fsp3) is 0.579. The van der Waals surface area contributed by atoms with Crippen LogP contribution in [0.4, 0.5) is 5.69 Å². The van der Waals surface area contributed by atoms with Crippen molar-refractivity contribution in [3.63, 3.8) is 0 Å². The van der Waals surface area contributed by atoms with Gasteiger partial charge in [-0.15, -0.1) is 0 Å². The highest BCUT2D eigenvalue weighted by Gasteiger charge is 2.28. The number of benzene rings is 1. The number of nitrogens with one attached hydrogen (secondary N) is 2. The summed E-state index contributed by atoms with van der Waals surface area (Å²) in [5.74, 6) is -0.452. The van der Waals surface area contributed by atoms with Crippen molar-refractivity contribution in [2.75, 3.05) is 18.4 Å². The average Bonchev–Trinajstić information content (AvgIpc) is 3.35. The third kappa shape index (κ3) is 4.68. The van der Waals surface area contributed by atoms with E-state index in [4.69, 9.17) is 0 Å². The predicted molar refractivity (Wildman–Crippen MR) is 103 cm³/mol. The number of rotatable bonds is 6. The number of carbonyl (C=O) groups excluding carboxylic acids is 2. The fourth-order valence-corrected chi connectivity index (χ4v) is 5.21. The fourth-order valence-electron chi connectivity index (χ4n) is 3.65. The molecular formula is C19H27N3O4S. The van der Waals surface area contributed by atoms with Crippen molar-refractivity contribution < 1.29 is 18.0 Å². The van der Waals surface area contributed by atoms with E-state index in [1.165, 1.54) is 16.4 Å². The van der Waals surface area contributed by atoms with Crippen LogP contribution in [0.5, 0.6) is 0 Å². The maximum absolute atomic E-state index is 12.7. The number of sulfonamides is 1. The molecule has 1 saturated carbocycles. The molecule has 1 aromatic rings. The van der Waals surface area contributed by atoms with Gasteiger partial charge in [0.1, 0.15) is 6.04 Å². The number of hydrogen-bond donors (Lipinski definition) is 2. The van der Waals surface area contributed by atoms with Gasteiger partial charge in [0.15, 0.2) is 0 Å². The van der Waals surface area contributed by atoms with E-state index in [1.54, 1.807) is 19.1 Å². The Bertz CT molecular complexity index is 797. The van der Waals surface area contributed by atoms with Crippen LogP contribution < -0.4 is 10.6 Å². The Kier molecular flexibility index (Phi) is 6.16. The molecule has 0 unspecified atom stereocenters. The first-order valence-electron chi connectivity index (χ1n) is 9.59. The Morgan fingerprint density at radius 2 is 1.78 bits per heavy atom. The molecule has 8 heteroatoms. The average molecular weight is 394 g/mol. The van der Waals surface area contributed by atoms with Crippen LogP contribution >= 0.6 is 0 Å². The minimum atomic E-state index is -3.54. The first kappa shape index (κ1) is 19.8. The highest BCUT2D eigenvalue weighted by atomic mass is 32.2. The lowest BCUT2D eigenvalue weighted by atomic mass is 10.1. The van der Waals surface area contributed by atoms with Gasteiger partial charge in [-0.2, -0.15) is 4.31 Å². The molecular weight excluding hydrogens is 366 g/mol. The molecule has 2 aliphatic rings. The van der Waals surface area contributed by atoms with Gasteiger partial charge in [-0.3, -0.25) is 9.59 Å². The summed E-state index contributed by atoms with van der Waals surface area (Å²) in [4.78, 5) is 24.7. The maximum Gasteiger partial charge on any atom is 0.246 e. The van der Waals surface area contributed by atoms with Crippen LogP contribution in [0.25, 0.3) is 0 Å². The van der Waals surface area contributed by atoms with E-state index < -0.39 is 16.1 Å². The van der Waals surface area contributed by atoms with Crippen LogP contribution in [0, 0.1) is 5.92 Å². The first-order valence-corrected chi connectivity index (χ1v) is 11.0. The van der Waals surface area contributed by atoms with E-state index in [2.05, 4.69) is 10.6 Å². The van der Waals surface area contributed by atoms with Gasteiger partial charge in [0.05, 0.1) is 4.90 Å². The Morgan fingerprint density at radius 3 is 2.44 bits per heavy atom. The van der Waals surface area contributed by atoms with E-state index in [-0.39, 0.29) is 22.6 Å². The molecule has 148 valence electrons. The van der Waals surface area contributed by atoms with Crippen LogP contribution in [0.2, 0.25) is 0 Å². The van der Waals surface area contributed by atoms with E-state index in [9.17, 15) is 18.0 Å². The summed E-state index contributed by atoms with van der Waals surface area (Å²) in [5, 5.41) is 5.46. The lowest BCUT2D eigenvalue weighted by molar-refractivity contribution is -0.128. The Labute approximate surface area is 160 Å². The number of hydrogen-bond acceptors (Lipinski definition) is 4. The largest absolute Gasteiger partial charge is 0.344 e. The minimum absolute atomic E-state index is 0.00539. The van der Waals surface area contributed by atoms with Crippen molar-refractivity contribution in [2.24, 2.45) is 5.92 Å². The number of carbonyl (C=O) groups is 2. The highest BCUT2D eigenvalue weighted by molar-refractivity contribution is 7.89. The molecule has 2 amide bonds. The van der Waals surface area contributed by atoms with Gasteiger partial charge in [-0.1, -0.05) is 18.9 Å². The van der Waals surface area contributed by atoms with Gasteiger partial charge >= 0.3 is 0 Å². The van der Waals surface area contributed by atoms with Gasteiger partial charge in [0.2, 0.25) is 21.8 Å². The molecule has 0 radical (unpaired) electrons. The SMILES string of the molecule is C[C@H](NC(=O)C1CCCC1)C(=O)Nc1cccc(S(=O)(=O)N2CCCC2)c1. The molecule has 1 aliphatic heterocycles. The summed E-state index contributed by atoms with van der Waals surface area (Å²) < 4.78 is 26.8. The maximum atomic E-state index is 12.7. The molecule has 3 rings (SSSR count). The van der Waals surface area contributed by atoms with Gasteiger partial charge in [-0.25, -0.2) is 8.42 Å². The molecule has 0 spiro atoms. The molecule has 0 bridgehead atoms. The Morgan fingerprint density at radius 1 is 1.11 bits per heavy atom. The standard InChI is InChI=1S/C19H27N3O4S/c1-14(20-19(24)15-7-2-3-8-15)18(23)21-16-9-6-10-17(13-16)27(25,26)22-11-4-5-12-22/h6,9-10,13-15H,2-5,7-8,11-12H2,1H3,(H,20,24)(H,21,23)/t14-/m0/s1. The minimum Gasteiger partial charge on any atom is -0.344 e. The third-order valence-electron chi connectivity index (χ3n) is 5.28. The summed E-state index contributed by atoms with van der Waals surface area (Å²) >= 11 is 0. The Hall–Kier alpha value is -1.93. The molecule has 1 saturated heterocycles. The second-order valence-electron chi connectivity index (χ2n) is 7.34. The molecule has 2 N–H and O–H groups in total. The molecule has 2 fully saturated rings. The topological polar surface area (TPSA) is 95.6 Å². The number of amides is 2. The van der Waals surface area contributed by atoms with E-state index in [1.807, 2.05) is 0 Å². The summed E-state index contributed by atoms with van der Waals surface area (Å²) in [6.45, 7) is 2.69. The molecule has 1 heterocycles. The van der Waals surface area contributed by atoms with Crippen LogP contribution in [-0.4, -0.2) is 43.7 Å². The van der Waals surface area contributed by atoms with Crippen LogP contribution in [0.3, 0.4) is 0 Å². The van der Waals surface area contributed by atoms with Gasteiger partial charge < -0.3 is 10.6 Å². The van der Waals surface area contributed by atoms with Crippen LogP contribution in [-0.2, 0) is 19.6 Å². The zero-order valence-electron chi connectivity index (χ0n) is 15.6. The summed E-state index contributed by atoms with van der Waals surface area (Å²) in [6.07, 6.45) is 5.59. The second-order valence-corrected chi connectivity index (χ2v) is 9.28. The van der Waals surface area contributed by atoms with Gasteiger partial charge in [0, 0.05) is 24.7 Å². The molecule has 7 nitrogen and oxygen atoms in total.